The smallest absolute Gasteiger partial charge is 0.266 e. The molecule has 0 aliphatic carbocycles. The molecule has 4 rings (SSSR count). The van der Waals surface area contributed by atoms with Gasteiger partial charge in [0.1, 0.15) is 6.07 Å². The SMILES string of the molecule is Cc1cccc(C)c1NC(=O)CNC(=O)C1CCN(c2oc(-c3ccco3)nc2C#N)CC1. The zero-order valence-electron chi connectivity index (χ0n) is 18.6. The predicted octanol–water partition coefficient (Wildman–Crippen LogP) is 3.39. The van der Waals surface area contributed by atoms with E-state index < -0.39 is 0 Å². The zero-order chi connectivity index (χ0) is 23.4. The average Bonchev–Trinajstić information content (AvgIpc) is 3.50. The number of rotatable bonds is 6. The lowest BCUT2D eigenvalue weighted by Crippen LogP contribution is -2.42. The quantitative estimate of drug-likeness (QED) is 0.593. The maximum Gasteiger partial charge on any atom is 0.266 e. The molecule has 1 saturated heterocycles. The lowest BCUT2D eigenvalue weighted by atomic mass is 9.96. The molecule has 0 spiro atoms. The Morgan fingerprint density at radius 1 is 1.18 bits per heavy atom. The molecule has 1 aliphatic rings. The fourth-order valence-electron chi connectivity index (χ4n) is 3.96. The summed E-state index contributed by atoms with van der Waals surface area (Å²) in [7, 11) is 0. The summed E-state index contributed by atoms with van der Waals surface area (Å²) in [6, 6.07) is 11.3. The van der Waals surface area contributed by atoms with Crippen LogP contribution in [0.2, 0.25) is 0 Å². The number of amides is 2. The molecule has 0 unspecified atom stereocenters. The van der Waals surface area contributed by atoms with Gasteiger partial charge in [0.25, 0.3) is 5.89 Å². The van der Waals surface area contributed by atoms with Gasteiger partial charge < -0.3 is 24.4 Å². The molecule has 3 aromatic rings. The first kappa shape index (κ1) is 22.1. The fraction of sp³-hybridized carbons (Fsp3) is 0.333. The minimum Gasteiger partial charge on any atom is -0.459 e. The van der Waals surface area contributed by atoms with Crippen LogP contribution < -0.4 is 15.5 Å². The van der Waals surface area contributed by atoms with Crippen LogP contribution in [0.25, 0.3) is 11.7 Å². The largest absolute Gasteiger partial charge is 0.459 e. The number of nitrogens with one attached hydrogen (secondary N) is 2. The number of furan rings is 1. The summed E-state index contributed by atoms with van der Waals surface area (Å²) < 4.78 is 11.1. The van der Waals surface area contributed by atoms with E-state index in [4.69, 9.17) is 8.83 Å². The van der Waals surface area contributed by atoms with Crippen LogP contribution >= 0.6 is 0 Å². The summed E-state index contributed by atoms with van der Waals surface area (Å²) in [5, 5.41) is 15.0. The molecule has 0 bridgehead atoms. The molecule has 9 heteroatoms. The average molecular weight is 447 g/mol. The van der Waals surface area contributed by atoms with Gasteiger partial charge >= 0.3 is 0 Å². The van der Waals surface area contributed by atoms with Crippen molar-refractivity contribution in [1.29, 1.82) is 5.26 Å². The van der Waals surface area contributed by atoms with Gasteiger partial charge in [0.15, 0.2) is 5.76 Å². The third-order valence-corrected chi connectivity index (χ3v) is 5.77. The van der Waals surface area contributed by atoms with E-state index in [-0.39, 0.29) is 35.9 Å². The summed E-state index contributed by atoms with van der Waals surface area (Å²) in [5.41, 5.74) is 2.91. The van der Waals surface area contributed by atoms with Crippen LogP contribution in [-0.2, 0) is 9.59 Å². The monoisotopic (exact) mass is 447 g/mol. The van der Waals surface area contributed by atoms with Gasteiger partial charge in [-0.25, -0.2) is 0 Å². The minimum absolute atomic E-state index is 0.0833. The molecule has 2 aromatic heterocycles. The molecule has 2 N–H and O–H groups in total. The normalized spacial score (nSPS) is 14.0. The second kappa shape index (κ2) is 9.61. The highest BCUT2D eigenvalue weighted by molar-refractivity contribution is 5.96. The molecule has 170 valence electrons. The molecule has 9 nitrogen and oxygen atoms in total. The van der Waals surface area contributed by atoms with E-state index in [1.807, 2.05) is 36.9 Å². The van der Waals surface area contributed by atoms with Gasteiger partial charge in [-0.3, -0.25) is 9.59 Å². The van der Waals surface area contributed by atoms with E-state index in [0.717, 1.165) is 16.8 Å². The lowest BCUT2D eigenvalue weighted by Gasteiger charge is -2.30. The number of hydrogen-bond acceptors (Lipinski definition) is 7. The van der Waals surface area contributed by atoms with Crippen molar-refractivity contribution in [3.05, 3.63) is 53.4 Å². The number of carbonyl (C=O) groups is 2. The maximum atomic E-state index is 12.6. The Labute approximate surface area is 191 Å². The highest BCUT2D eigenvalue weighted by Gasteiger charge is 2.29. The molecule has 33 heavy (non-hydrogen) atoms. The van der Waals surface area contributed by atoms with Crippen molar-refractivity contribution < 1.29 is 18.4 Å². The predicted molar refractivity (Wildman–Crippen MR) is 121 cm³/mol. The van der Waals surface area contributed by atoms with E-state index in [1.54, 1.807) is 12.1 Å². The lowest BCUT2D eigenvalue weighted by molar-refractivity contribution is -0.127. The van der Waals surface area contributed by atoms with Gasteiger partial charge in [-0.15, -0.1) is 0 Å². The fourth-order valence-corrected chi connectivity index (χ4v) is 3.96. The number of nitriles is 1. The summed E-state index contributed by atoms with van der Waals surface area (Å²) in [5.74, 6) is 0.458. The van der Waals surface area contributed by atoms with Crippen LogP contribution in [-0.4, -0.2) is 36.4 Å². The number of oxazole rings is 1. The number of carbonyl (C=O) groups excluding carboxylic acids is 2. The zero-order valence-corrected chi connectivity index (χ0v) is 18.6. The number of nitrogens with zero attached hydrogens (tertiary/aromatic N) is 3. The Kier molecular flexibility index (Phi) is 6.45. The molecule has 1 fully saturated rings. The molecule has 0 radical (unpaired) electrons. The van der Waals surface area contributed by atoms with Gasteiger partial charge in [-0.1, -0.05) is 18.2 Å². The van der Waals surface area contributed by atoms with Gasteiger partial charge in [0, 0.05) is 24.7 Å². The molecular weight excluding hydrogens is 422 g/mol. The van der Waals surface area contributed by atoms with E-state index in [0.29, 0.717) is 37.6 Å². The number of anilines is 2. The second-order valence-electron chi connectivity index (χ2n) is 8.06. The van der Waals surface area contributed by atoms with Crippen LogP contribution in [0.1, 0.15) is 29.7 Å². The Morgan fingerprint density at radius 2 is 1.91 bits per heavy atom. The van der Waals surface area contributed by atoms with Crippen molar-refractivity contribution in [3.8, 4) is 17.7 Å². The third-order valence-electron chi connectivity index (χ3n) is 5.77. The van der Waals surface area contributed by atoms with Crippen molar-refractivity contribution in [2.75, 3.05) is 29.9 Å². The van der Waals surface area contributed by atoms with Gasteiger partial charge in [0.2, 0.25) is 23.4 Å². The second-order valence-corrected chi connectivity index (χ2v) is 8.06. The Hall–Kier alpha value is -4.06. The van der Waals surface area contributed by atoms with Gasteiger partial charge in [-0.2, -0.15) is 10.2 Å². The van der Waals surface area contributed by atoms with Crippen LogP contribution in [0.15, 0.2) is 45.4 Å². The summed E-state index contributed by atoms with van der Waals surface area (Å²) >= 11 is 0. The number of para-hydroxylation sites is 1. The van der Waals surface area contributed by atoms with E-state index >= 15 is 0 Å². The molecule has 3 heterocycles. The maximum absolute atomic E-state index is 12.6. The first-order valence-electron chi connectivity index (χ1n) is 10.8. The Balaban J connectivity index is 1.30. The molecule has 1 aliphatic heterocycles. The summed E-state index contributed by atoms with van der Waals surface area (Å²) in [6.45, 7) is 4.85. The number of aromatic nitrogens is 1. The summed E-state index contributed by atoms with van der Waals surface area (Å²) in [6.07, 6.45) is 2.66. The van der Waals surface area contributed by atoms with Crippen molar-refractivity contribution >= 4 is 23.4 Å². The van der Waals surface area contributed by atoms with Crippen LogP contribution in [0.3, 0.4) is 0 Å². The third kappa shape index (κ3) is 4.90. The van der Waals surface area contributed by atoms with Crippen molar-refractivity contribution in [2.45, 2.75) is 26.7 Å². The van der Waals surface area contributed by atoms with Crippen molar-refractivity contribution in [3.63, 3.8) is 0 Å². The molecule has 0 saturated carbocycles. The van der Waals surface area contributed by atoms with E-state index in [1.165, 1.54) is 6.26 Å². The standard InChI is InChI=1S/C24H25N5O4/c1-15-5-3-6-16(2)21(15)28-20(30)14-26-22(31)17-8-10-29(11-9-17)24-18(13-25)27-23(33-24)19-7-4-12-32-19/h3-7,12,17H,8-11,14H2,1-2H3,(H,26,31)(H,28,30). The first-order chi connectivity index (χ1) is 16.0. The van der Waals surface area contributed by atoms with Gasteiger partial charge in [-0.05, 0) is 49.9 Å². The molecular formula is C24H25N5O4. The van der Waals surface area contributed by atoms with Crippen molar-refractivity contribution in [2.24, 2.45) is 5.92 Å². The van der Waals surface area contributed by atoms with Gasteiger partial charge in [0.05, 0.1) is 12.8 Å². The Morgan fingerprint density at radius 3 is 2.55 bits per heavy atom. The Bertz CT molecular complexity index is 1160. The molecule has 2 amide bonds. The molecule has 1 aromatic carbocycles. The number of hydrogen-bond donors (Lipinski definition) is 2. The molecule has 0 atom stereocenters. The van der Waals surface area contributed by atoms with Crippen LogP contribution in [0, 0.1) is 31.1 Å². The van der Waals surface area contributed by atoms with Crippen LogP contribution in [0.5, 0.6) is 0 Å². The summed E-state index contributed by atoms with van der Waals surface area (Å²) in [4.78, 5) is 31.0. The topological polar surface area (TPSA) is 124 Å². The first-order valence-corrected chi connectivity index (χ1v) is 10.8. The number of piperidine rings is 1. The number of benzene rings is 1. The van der Waals surface area contributed by atoms with E-state index in [9.17, 15) is 14.9 Å². The highest BCUT2D eigenvalue weighted by atomic mass is 16.4. The number of aryl methyl sites for hydroxylation is 2. The van der Waals surface area contributed by atoms with Crippen LogP contribution in [0.4, 0.5) is 11.6 Å². The van der Waals surface area contributed by atoms with Crippen molar-refractivity contribution in [1.82, 2.24) is 10.3 Å². The highest BCUT2D eigenvalue weighted by Crippen LogP contribution is 2.31. The van der Waals surface area contributed by atoms with E-state index in [2.05, 4.69) is 21.7 Å². The minimum atomic E-state index is -0.260.